The number of hydrogen-bond acceptors (Lipinski definition) is 7. The van der Waals surface area contributed by atoms with Crippen LogP contribution in [0.25, 0.3) is 0 Å². The van der Waals surface area contributed by atoms with E-state index in [0.717, 1.165) is 19.3 Å². The number of aliphatic carboxylic acids is 1. The highest BCUT2D eigenvalue weighted by Gasteiger charge is 2.36. The summed E-state index contributed by atoms with van der Waals surface area (Å²) < 4.78 is 17.1. The van der Waals surface area contributed by atoms with Crippen molar-refractivity contribution in [2.75, 3.05) is 33.5 Å². The number of hydrogen-bond donors (Lipinski definition) is 4. The molecule has 0 saturated carbocycles. The molecule has 202 valence electrons. The lowest BCUT2D eigenvalue weighted by molar-refractivity contribution is -0.143. The second-order valence-corrected chi connectivity index (χ2v) is 9.86. The van der Waals surface area contributed by atoms with Crippen molar-refractivity contribution in [2.45, 2.75) is 77.9 Å². The number of rotatable bonds is 19. The third-order valence-electron chi connectivity index (χ3n) is 6.73. The first kappa shape index (κ1) is 31.2. The molecule has 1 aromatic rings. The standard InChI is InChI=1S/C27H48N2O6/c1-18(2)19(3)16-22(29)26(30)25(20(4)27(31)32)21-10-11-23(34-14-8-6-7-12-28)24(17-21)35-15-9-13-33-5/h10-11,17-20,22,25-26,30H,6-9,12-16,28-29H2,1-5H3,(H,31,32). The Bertz CT molecular complexity index is 730. The highest BCUT2D eigenvalue weighted by atomic mass is 16.5. The first-order chi connectivity index (χ1) is 16.6. The van der Waals surface area contributed by atoms with Crippen LogP contribution in [0.3, 0.4) is 0 Å². The molecular formula is C27H48N2O6. The van der Waals surface area contributed by atoms with Gasteiger partial charge in [0.1, 0.15) is 0 Å². The van der Waals surface area contributed by atoms with Crippen LogP contribution in [0.4, 0.5) is 0 Å². The van der Waals surface area contributed by atoms with Gasteiger partial charge in [0, 0.05) is 32.1 Å². The van der Waals surface area contributed by atoms with E-state index < -0.39 is 30.0 Å². The average molecular weight is 497 g/mol. The van der Waals surface area contributed by atoms with E-state index in [1.807, 2.05) is 6.07 Å². The van der Waals surface area contributed by atoms with Crippen molar-refractivity contribution in [1.82, 2.24) is 0 Å². The number of aliphatic hydroxyl groups is 1. The summed E-state index contributed by atoms with van der Waals surface area (Å²) >= 11 is 0. The van der Waals surface area contributed by atoms with Crippen LogP contribution < -0.4 is 20.9 Å². The molecule has 0 aliphatic rings. The molecule has 0 amide bonds. The topological polar surface area (TPSA) is 137 Å². The number of methoxy groups -OCH3 is 1. The van der Waals surface area contributed by atoms with Crippen LogP contribution in [0.15, 0.2) is 18.2 Å². The molecule has 0 fully saturated rings. The van der Waals surface area contributed by atoms with Crippen molar-refractivity contribution in [1.29, 1.82) is 0 Å². The number of benzene rings is 1. The number of carboxylic acids is 1. The van der Waals surface area contributed by atoms with Gasteiger partial charge in [-0.05, 0) is 61.8 Å². The van der Waals surface area contributed by atoms with E-state index in [1.165, 1.54) is 0 Å². The van der Waals surface area contributed by atoms with Gasteiger partial charge in [-0.2, -0.15) is 0 Å². The third kappa shape index (κ3) is 10.7. The normalized spacial score (nSPS) is 15.9. The number of unbranched alkanes of at least 4 members (excludes halogenated alkanes) is 2. The lowest BCUT2D eigenvalue weighted by Crippen LogP contribution is -2.43. The number of ether oxygens (including phenoxy) is 3. The number of carboxylic acid groups (broad SMARTS) is 1. The zero-order chi connectivity index (χ0) is 26.4. The molecule has 0 saturated heterocycles. The van der Waals surface area contributed by atoms with Gasteiger partial charge in [0.05, 0.1) is 25.2 Å². The smallest absolute Gasteiger partial charge is 0.306 e. The molecule has 8 heteroatoms. The summed E-state index contributed by atoms with van der Waals surface area (Å²) in [6.07, 6.45) is 3.09. The van der Waals surface area contributed by atoms with E-state index in [1.54, 1.807) is 26.2 Å². The van der Waals surface area contributed by atoms with Gasteiger partial charge in [-0.25, -0.2) is 0 Å². The van der Waals surface area contributed by atoms with Gasteiger partial charge < -0.3 is 35.9 Å². The molecule has 5 atom stereocenters. The van der Waals surface area contributed by atoms with Crippen molar-refractivity contribution in [3.63, 3.8) is 0 Å². The van der Waals surface area contributed by atoms with Crippen molar-refractivity contribution in [2.24, 2.45) is 29.2 Å². The van der Waals surface area contributed by atoms with Gasteiger partial charge in [0.2, 0.25) is 0 Å². The Balaban J connectivity index is 3.20. The lowest BCUT2D eigenvalue weighted by Gasteiger charge is -2.33. The fraction of sp³-hybridized carbons (Fsp3) is 0.741. The molecular weight excluding hydrogens is 448 g/mol. The fourth-order valence-electron chi connectivity index (χ4n) is 4.00. The Morgan fingerprint density at radius 1 is 0.971 bits per heavy atom. The predicted octanol–water partition coefficient (Wildman–Crippen LogP) is 3.78. The van der Waals surface area contributed by atoms with Gasteiger partial charge in [0.15, 0.2) is 11.5 Å². The van der Waals surface area contributed by atoms with Crippen molar-refractivity contribution < 1.29 is 29.2 Å². The minimum Gasteiger partial charge on any atom is -0.490 e. The maximum atomic E-state index is 12.0. The first-order valence-corrected chi connectivity index (χ1v) is 12.9. The quantitative estimate of drug-likeness (QED) is 0.212. The molecule has 1 aromatic carbocycles. The number of nitrogens with two attached hydrogens (primary N) is 2. The highest BCUT2D eigenvalue weighted by molar-refractivity contribution is 5.71. The number of aliphatic hydroxyl groups excluding tert-OH is 1. The van der Waals surface area contributed by atoms with Gasteiger partial charge >= 0.3 is 5.97 Å². The molecule has 6 N–H and O–H groups in total. The Hall–Kier alpha value is -1.87. The van der Waals surface area contributed by atoms with Crippen LogP contribution in [0.2, 0.25) is 0 Å². The molecule has 1 rings (SSSR count). The van der Waals surface area contributed by atoms with Crippen molar-refractivity contribution in [3.05, 3.63) is 23.8 Å². The SMILES string of the molecule is COCCCOc1cc(C(C(C)C(=O)O)C(O)C(N)CC(C)C(C)C)ccc1OCCCCCN. The molecule has 0 aliphatic carbocycles. The van der Waals surface area contributed by atoms with Gasteiger partial charge in [-0.15, -0.1) is 0 Å². The van der Waals surface area contributed by atoms with E-state index in [0.29, 0.717) is 68.1 Å². The molecule has 0 spiro atoms. The molecule has 0 bridgehead atoms. The minimum absolute atomic E-state index is 0.301. The zero-order valence-electron chi connectivity index (χ0n) is 22.2. The zero-order valence-corrected chi connectivity index (χ0v) is 22.2. The molecule has 5 unspecified atom stereocenters. The van der Waals surface area contributed by atoms with Crippen LogP contribution in [0.1, 0.15) is 71.3 Å². The third-order valence-corrected chi connectivity index (χ3v) is 6.73. The summed E-state index contributed by atoms with van der Waals surface area (Å²) in [6.45, 7) is 10.1. The summed E-state index contributed by atoms with van der Waals surface area (Å²) in [5.41, 5.74) is 12.6. The van der Waals surface area contributed by atoms with Gasteiger partial charge in [-0.3, -0.25) is 4.79 Å². The van der Waals surface area contributed by atoms with Crippen molar-refractivity contribution >= 4 is 5.97 Å². The second-order valence-electron chi connectivity index (χ2n) is 9.86. The maximum Gasteiger partial charge on any atom is 0.306 e. The van der Waals surface area contributed by atoms with Crippen LogP contribution in [0, 0.1) is 17.8 Å². The second kappa shape index (κ2) is 16.7. The highest BCUT2D eigenvalue weighted by Crippen LogP contribution is 2.37. The maximum absolute atomic E-state index is 12.0. The Kier molecular flexibility index (Phi) is 14.9. The largest absolute Gasteiger partial charge is 0.490 e. The van der Waals surface area contributed by atoms with Crippen LogP contribution in [-0.4, -0.2) is 61.8 Å². The molecule has 35 heavy (non-hydrogen) atoms. The Morgan fingerprint density at radius 3 is 2.23 bits per heavy atom. The lowest BCUT2D eigenvalue weighted by atomic mass is 9.77. The predicted molar refractivity (Wildman–Crippen MR) is 139 cm³/mol. The van der Waals surface area contributed by atoms with Gasteiger partial charge in [0.25, 0.3) is 0 Å². The van der Waals surface area contributed by atoms with Crippen LogP contribution in [-0.2, 0) is 9.53 Å². The van der Waals surface area contributed by atoms with Crippen LogP contribution in [0.5, 0.6) is 11.5 Å². The monoisotopic (exact) mass is 496 g/mol. The van der Waals surface area contributed by atoms with E-state index in [4.69, 9.17) is 25.7 Å². The molecule has 0 aromatic heterocycles. The summed E-state index contributed by atoms with van der Waals surface area (Å²) in [5, 5.41) is 21.0. The Morgan fingerprint density at radius 2 is 1.63 bits per heavy atom. The minimum atomic E-state index is -1.02. The molecule has 0 heterocycles. The van der Waals surface area contributed by atoms with Gasteiger partial charge in [-0.1, -0.05) is 33.8 Å². The van der Waals surface area contributed by atoms with E-state index in [-0.39, 0.29) is 0 Å². The Labute approximate surface area is 211 Å². The molecule has 0 radical (unpaired) electrons. The summed E-state index contributed by atoms with van der Waals surface area (Å²) in [4.78, 5) is 12.0. The van der Waals surface area contributed by atoms with Crippen LogP contribution >= 0.6 is 0 Å². The first-order valence-electron chi connectivity index (χ1n) is 12.9. The molecule has 8 nitrogen and oxygen atoms in total. The summed E-state index contributed by atoms with van der Waals surface area (Å²) in [5.74, 6) is -0.686. The summed E-state index contributed by atoms with van der Waals surface area (Å²) in [7, 11) is 1.64. The van der Waals surface area contributed by atoms with E-state index in [9.17, 15) is 15.0 Å². The fourth-order valence-corrected chi connectivity index (χ4v) is 4.00. The van der Waals surface area contributed by atoms with E-state index >= 15 is 0 Å². The number of carbonyl (C=O) groups is 1. The summed E-state index contributed by atoms with van der Waals surface area (Å²) in [6, 6.07) is 4.83. The van der Waals surface area contributed by atoms with Crippen molar-refractivity contribution in [3.8, 4) is 11.5 Å². The average Bonchev–Trinajstić information content (AvgIpc) is 2.82. The molecule has 0 aliphatic heterocycles. The van der Waals surface area contributed by atoms with E-state index in [2.05, 4.69) is 20.8 Å².